The van der Waals surface area contributed by atoms with Crippen molar-refractivity contribution in [2.45, 2.75) is 45.1 Å². The summed E-state index contributed by atoms with van der Waals surface area (Å²) in [4.78, 5) is 6.33. The van der Waals surface area contributed by atoms with Crippen molar-refractivity contribution < 1.29 is 10.2 Å². The smallest absolute Gasteiger partial charge is 0.133 e. The van der Waals surface area contributed by atoms with Crippen LogP contribution in [0, 0.1) is 0 Å². The minimum Gasteiger partial charge on any atom is -0.389 e. The van der Waals surface area contributed by atoms with E-state index in [4.69, 9.17) is 0 Å². The highest BCUT2D eigenvalue weighted by Gasteiger charge is 2.31. The number of nitrogens with zero attached hydrogens (tertiary/aromatic N) is 2. The van der Waals surface area contributed by atoms with Crippen LogP contribution < -0.4 is 10.2 Å². The molecule has 0 saturated carbocycles. The molecule has 1 aliphatic heterocycles. The van der Waals surface area contributed by atoms with Crippen LogP contribution in [0.4, 0.5) is 5.82 Å². The molecule has 1 saturated heterocycles. The Morgan fingerprint density at radius 2 is 1.95 bits per heavy atom. The van der Waals surface area contributed by atoms with Crippen LogP contribution in [0.3, 0.4) is 0 Å². The van der Waals surface area contributed by atoms with E-state index in [1.165, 1.54) is 0 Å². The molecule has 2 unspecified atom stereocenters. The van der Waals surface area contributed by atoms with E-state index in [2.05, 4.69) is 31.1 Å². The quantitative estimate of drug-likeness (QED) is 0.743. The van der Waals surface area contributed by atoms with Crippen molar-refractivity contribution in [3.8, 4) is 0 Å². The van der Waals surface area contributed by atoms with Crippen LogP contribution in [0.15, 0.2) is 18.3 Å². The second-order valence-electron chi connectivity index (χ2n) is 6.13. The highest BCUT2D eigenvalue weighted by atomic mass is 16.3. The van der Waals surface area contributed by atoms with Crippen LogP contribution in [-0.2, 0) is 6.54 Å². The predicted octanol–water partition coefficient (Wildman–Crippen LogP) is 0.511. The highest BCUT2D eigenvalue weighted by Crippen LogP contribution is 2.22. The Labute approximate surface area is 114 Å². The molecule has 2 atom stereocenters. The zero-order valence-corrected chi connectivity index (χ0v) is 11.8. The molecular formula is C14H23N3O2. The molecule has 2 rings (SSSR count). The molecule has 0 bridgehead atoms. The average Bonchev–Trinajstić information content (AvgIpc) is 2.66. The second kappa shape index (κ2) is 5.45. The van der Waals surface area contributed by atoms with Crippen LogP contribution >= 0.6 is 0 Å². The number of rotatable bonds is 3. The van der Waals surface area contributed by atoms with Gasteiger partial charge in [0.15, 0.2) is 0 Å². The minimum atomic E-state index is -0.689. The summed E-state index contributed by atoms with van der Waals surface area (Å²) in [5.41, 5.74) is 1.12. The van der Waals surface area contributed by atoms with Crippen molar-refractivity contribution in [2.24, 2.45) is 0 Å². The molecule has 106 valence electrons. The molecule has 0 aliphatic carbocycles. The first-order valence-corrected chi connectivity index (χ1v) is 6.67. The molecule has 1 aromatic heterocycles. The Morgan fingerprint density at radius 3 is 2.53 bits per heavy atom. The number of hydrogen-bond acceptors (Lipinski definition) is 5. The van der Waals surface area contributed by atoms with E-state index in [1.54, 1.807) is 6.20 Å². The summed E-state index contributed by atoms with van der Waals surface area (Å²) in [5.74, 6) is 0.842. The molecule has 1 aliphatic rings. The zero-order valence-electron chi connectivity index (χ0n) is 11.8. The monoisotopic (exact) mass is 265 g/mol. The number of anilines is 1. The number of aliphatic hydroxyl groups is 2. The van der Waals surface area contributed by atoms with Crippen LogP contribution in [0.25, 0.3) is 0 Å². The Balaban J connectivity index is 2.13. The number of pyridine rings is 1. The minimum absolute atomic E-state index is 0.0388. The molecule has 3 N–H and O–H groups in total. The maximum Gasteiger partial charge on any atom is 0.133 e. The van der Waals surface area contributed by atoms with Crippen molar-refractivity contribution in [1.29, 1.82) is 0 Å². The van der Waals surface area contributed by atoms with E-state index in [0.29, 0.717) is 13.1 Å². The van der Waals surface area contributed by atoms with Gasteiger partial charge in [0.25, 0.3) is 0 Å². The van der Waals surface area contributed by atoms with Crippen molar-refractivity contribution >= 4 is 5.82 Å². The van der Waals surface area contributed by atoms with Gasteiger partial charge in [-0.1, -0.05) is 6.07 Å². The van der Waals surface area contributed by atoms with Gasteiger partial charge in [0.1, 0.15) is 5.82 Å². The lowest BCUT2D eigenvalue weighted by molar-refractivity contribution is 0.0572. The maximum atomic E-state index is 9.64. The molecule has 0 amide bonds. The fourth-order valence-electron chi connectivity index (χ4n) is 2.16. The van der Waals surface area contributed by atoms with Gasteiger partial charge in [0, 0.05) is 36.9 Å². The molecular weight excluding hydrogens is 242 g/mol. The molecule has 19 heavy (non-hydrogen) atoms. The van der Waals surface area contributed by atoms with Gasteiger partial charge in [-0.2, -0.15) is 0 Å². The molecule has 5 heteroatoms. The number of nitrogens with one attached hydrogen (secondary N) is 1. The lowest BCUT2D eigenvalue weighted by atomic mass is 10.1. The summed E-state index contributed by atoms with van der Waals surface area (Å²) >= 11 is 0. The third kappa shape index (κ3) is 3.65. The molecule has 2 heterocycles. The summed E-state index contributed by atoms with van der Waals surface area (Å²) in [6, 6.07) is 3.93. The average molecular weight is 265 g/mol. The molecule has 0 spiro atoms. The standard InChI is InChI=1S/C14H23N3O2/c1-14(2,3)16-7-10-5-4-6-15-13(10)17-8-11(18)12(19)9-17/h4-6,11-12,16,18-19H,7-9H2,1-3H3. The van der Waals surface area contributed by atoms with Crippen molar-refractivity contribution in [3.05, 3.63) is 23.9 Å². The Morgan fingerprint density at radius 1 is 1.32 bits per heavy atom. The Bertz CT molecular complexity index is 421. The van der Waals surface area contributed by atoms with Crippen molar-refractivity contribution in [1.82, 2.24) is 10.3 Å². The summed E-state index contributed by atoms with van der Waals surface area (Å²) in [6.07, 6.45) is 0.364. The molecule has 0 radical (unpaired) electrons. The summed E-state index contributed by atoms with van der Waals surface area (Å²) < 4.78 is 0. The third-order valence-corrected chi connectivity index (χ3v) is 3.24. The SMILES string of the molecule is CC(C)(C)NCc1cccnc1N1CC(O)C(O)C1. The molecule has 1 aromatic rings. The van der Waals surface area contributed by atoms with Gasteiger partial charge in [-0.25, -0.2) is 4.98 Å². The number of aromatic nitrogens is 1. The Hall–Kier alpha value is -1.17. The van der Waals surface area contributed by atoms with Crippen molar-refractivity contribution in [3.63, 3.8) is 0 Å². The first-order valence-electron chi connectivity index (χ1n) is 6.67. The van der Waals surface area contributed by atoms with Crippen molar-refractivity contribution in [2.75, 3.05) is 18.0 Å². The second-order valence-corrected chi connectivity index (χ2v) is 6.13. The third-order valence-electron chi connectivity index (χ3n) is 3.24. The normalized spacial score (nSPS) is 23.9. The van der Waals surface area contributed by atoms with E-state index in [-0.39, 0.29) is 5.54 Å². The number of β-amino-alcohol motifs (C(OH)–C–C–N with tert-alkyl or cyclic N) is 2. The van der Waals surface area contributed by atoms with Gasteiger partial charge in [0.05, 0.1) is 12.2 Å². The van der Waals surface area contributed by atoms with Crippen LogP contribution in [0.2, 0.25) is 0 Å². The molecule has 5 nitrogen and oxygen atoms in total. The predicted molar refractivity (Wildman–Crippen MR) is 75.1 cm³/mol. The van der Waals surface area contributed by atoms with Gasteiger partial charge in [-0.3, -0.25) is 0 Å². The van der Waals surface area contributed by atoms with Gasteiger partial charge in [-0.15, -0.1) is 0 Å². The van der Waals surface area contributed by atoms with Gasteiger partial charge < -0.3 is 20.4 Å². The first kappa shape index (κ1) is 14.2. The van der Waals surface area contributed by atoms with Gasteiger partial charge in [0.2, 0.25) is 0 Å². The van der Waals surface area contributed by atoms with E-state index < -0.39 is 12.2 Å². The van der Waals surface area contributed by atoms with Crippen LogP contribution in [-0.4, -0.2) is 46.0 Å². The highest BCUT2D eigenvalue weighted by molar-refractivity contribution is 5.48. The van der Waals surface area contributed by atoms with Gasteiger partial charge in [-0.05, 0) is 26.8 Å². The lowest BCUT2D eigenvalue weighted by Gasteiger charge is -2.24. The number of aliphatic hydroxyl groups excluding tert-OH is 2. The fraction of sp³-hybridized carbons (Fsp3) is 0.643. The molecule has 0 aromatic carbocycles. The van der Waals surface area contributed by atoms with E-state index >= 15 is 0 Å². The zero-order chi connectivity index (χ0) is 14.0. The topological polar surface area (TPSA) is 68.6 Å². The van der Waals surface area contributed by atoms with E-state index in [0.717, 1.165) is 17.9 Å². The lowest BCUT2D eigenvalue weighted by Crippen LogP contribution is -2.36. The van der Waals surface area contributed by atoms with E-state index in [9.17, 15) is 10.2 Å². The summed E-state index contributed by atoms with van der Waals surface area (Å²) in [5, 5.41) is 22.7. The first-order chi connectivity index (χ1) is 8.87. The van der Waals surface area contributed by atoms with Gasteiger partial charge >= 0.3 is 0 Å². The fourth-order valence-corrected chi connectivity index (χ4v) is 2.16. The maximum absolute atomic E-state index is 9.64. The Kier molecular flexibility index (Phi) is 4.08. The summed E-state index contributed by atoms with van der Waals surface area (Å²) in [7, 11) is 0. The largest absolute Gasteiger partial charge is 0.389 e. The summed E-state index contributed by atoms with van der Waals surface area (Å²) in [6.45, 7) is 7.93. The van der Waals surface area contributed by atoms with Crippen LogP contribution in [0.5, 0.6) is 0 Å². The van der Waals surface area contributed by atoms with Crippen LogP contribution in [0.1, 0.15) is 26.3 Å². The number of hydrogen-bond donors (Lipinski definition) is 3. The molecule has 1 fully saturated rings. The van der Waals surface area contributed by atoms with E-state index in [1.807, 2.05) is 17.0 Å².